The lowest BCUT2D eigenvalue weighted by Gasteiger charge is -2.20. The second-order valence-corrected chi connectivity index (χ2v) is 6.01. The fourth-order valence-electron chi connectivity index (χ4n) is 3.51. The van der Waals surface area contributed by atoms with Crippen LogP contribution < -0.4 is 15.1 Å². The highest BCUT2D eigenvalue weighted by Gasteiger charge is 2.28. The molecule has 3 heterocycles. The zero-order valence-electron chi connectivity index (χ0n) is 13.2. The molecule has 0 aliphatic carbocycles. The fraction of sp³-hybridized carbons (Fsp3) is 0.333. The third kappa shape index (κ3) is 2.42. The summed E-state index contributed by atoms with van der Waals surface area (Å²) in [5.74, 6) is 0. The van der Waals surface area contributed by atoms with Crippen LogP contribution in [0, 0.1) is 0 Å². The molecule has 2 aliphatic rings. The van der Waals surface area contributed by atoms with Gasteiger partial charge in [-0.1, -0.05) is 0 Å². The van der Waals surface area contributed by atoms with Crippen LogP contribution >= 0.6 is 0 Å². The van der Waals surface area contributed by atoms with Crippen molar-refractivity contribution in [2.45, 2.75) is 19.8 Å². The molecule has 1 aromatic heterocycles. The maximum atomic E-state index is 12.6. The number of nitrogens with zero attached hydrogens (tertiary/aromatic N) is 3. The molecule has 118 valence electrons. The highest BCUT2D eigenvalue weighted by molar-refractivity contribution is 6.03. The summed E-state index contributed by atoms with van der Waals surface area (Å²) in [6.07, 6.45) is 5.34. The zero-order valence-corrected chi connectivity index (χ0v) is 13.2. The lowest BCUT2D eigenvalue weighted by molar-refractivity contribution is 0.257. The van der Waals surface area contributed by atoms with Crippen molar-refractivity contribution in [2.24, 2.45) is 0 Å². The average molecular weight is 308 g/mol. The minimum atomic E-state index is -0.0814. The summed E-state index contributed by atoms with van der Waals surface area (Å²) in [5, 5.41) is 2.93. The Morgan fingerprint density at radius 3 is 2.78 bits per heavy atom. The maximum absolute atomic E-state index is 12.6. The van der Waals surface area contributed by atoms with E-state index >= 15 is 0 Å². The van der Waals surface area contributed by atoms with E-state index in [0.29, 0.717) is 0 Å². The Balaban J connectivity index is 1.60. The van der Waals surface area contributed by atoms with Crippen LogP contribution in [-0.2, 0) is 12.8 Å². The topological polar surface area (TPSA) is 48.5 Å². The number of carbonyl (C=O) groups excluding carboxylic acids is 1. The summed E-state index contributed by atoms with van der Waals surface area (Å²) in [4.78, 5) is 20.9. The van der Waals surface area contributed by atoms with Crippen LogP contribution in [0.5, 0.6) is 0 Å². The Hall–Kier alpha value is -2.56. The Morgan fingerprint density at radius 1 is 1.22 bits per heavy atom. The largest absolute Gasteiger partial charge is 0.371 e. The van der Waals surface area contributed by atoms with E-state index in [9.17, 15) is 4.79 Å². The number of pyridine rings is 1. The molecule has 2 amide bonds. The van der Waals surface area contributed by atoms with E-state index in [1.165, 1.54) is 16.8 Å². The van der Waals surface area contributed by atoms with Crippen LogP contribution in [0.4, 0.5) is 21.9 Å². The van der Waals surface area contributed by atoms with E-state index in [1.54, 1.807) is 12.4 Å². The van der Waals surface area contributed by atoms with Gasteiger partial charge in [-0.3, -0.25) is 9.88 Å². The molecule has 0 unspecified atom stereocenters. The predicted molar refractivity (Wildman–Crippen MR) is 92.3 cm³/mol. The summed E-state index contributed by atoms with van der Waals surface area (Å²) < 4.78 is 0. The average Bonchev–Trinajstić information content (AvgIpc) is 3.16. The van der Waals surface area contributed by atoms with Crippen molar-refractivity contribution >= 4 is 23.1 Å². The number of nitrogens with one attached hydrogen (secondary N) is 1. The summed E-state index contributed by atoms with van der Waals surface area (Å²) in [7, 11) is 0. The second-order valence-electron chi connectivity index (χ2n) is 6.01. The summed E-state index contributed by atoms with van der Waals surface area (Å²) in [6, 6.07) is 8.07. The van der Waals surface area contributed by atoms with Gasteiger partial charge in [-0.05, 0) is 55.2 Å². The molecular formula is C18H20N4O. The molecule has 0 radical (unpaired) electrons. The van der Waals surface area contributed by atoms with E-state index in [0.717, 1.165) is 43.9 Å². The van der Waals surface area contributed by atoms with Crippen molar-refractivity contribution in [1.82, 2.24) is 4.98 Å². The van der Waals surface area contributed by atoms with Gasteiger partial charge in [0.05, 0.1) is 11.9 Å². The normalized spacial score (nSPS) is 15.5. The number of benzene rings is 1. The van der Waals surface area contributed by atoms with Gasteiger partial charge in [-0.15, -0.1) is 0 Å². The molecule has 0 atom stereocenters. The summed E-state index contributed by atoms with van der Waals surface area (Å²) >= 11 is 0. The predicted octanol–water partition coefficient (Wildman–Crippen LogP) is 3.06. The number of urea groups is 1. The minimum absolute atomic E-state index is 0.0814. The van der Waals surface area contributed by atoms with Crippen LogP contribution in [0.15, 0.2) is 36.7 Å². The number of aromatic nitrogens is 1. The molecule has 1 aromatic carbocycles. The molecule has 2 aliphatic heterocycles. The first-order valence-corrected chi connectivity index (χ1v) is 8.15. The first-order chi connectivity index (χ1) is 11.3. The van der Waals surface area contributed by atoms with Gasteiger partial charge in [0.15, 0.2) is 0 Å². The first-order valence-electron chi connectivity index (χ1n) is 8.15. The Labute approximate surface area is 135 Å². The van der Waals surface area contributed by atoms with Gasteiger partial charge in [-0.2, -0.15) is 0 Å². The fourth-order valence-corrected chi connectivity index (χ4v) is 3.51. The lowest BCUT2D eigenvalue weighted by atomic mass is 10.1. The van der Waals surface area contributed by atoms with Gasteiger partial charge in [0.1, 0.15) is 0 Å². The molecule has 0 saturated heterocycles. The van der Waals surface area contributed by atoms with Crippen molar-refractivity contribution in [3.8, 4) is 0 Å². The molecule has 5 nitrogen and oxygen atoms in total. The van der Waals surface area contributed by atoms with Crippen LogP contribution in [0.25, 0.3) is 0 Å². The second kappa shape index (κ2) is 5.57. The van der Waals surface area contributed by atoms with Crippen molar-refractivity contribution in [3.63, 3.8) is 0 Å². The van der Waals surface area contributed by atoms with Gasteiger partial charge in [0.2, 0.25) is 0 Å². The monoisotopic (exact) mass is 308 g/mol. The Bertz CT molecular complexity index is 744. The zero-order chi connectivity index (χ0) is 15.8. The third-order valence-electron chi connectivity index (χ3n) is 4.71. The standard InChI is InChI=1S/C18H20N4O/c1-2-21-8-5-13-11-17-14(10-16(13)21)6-9-22(17)18(23)20-15-4-3-7-19-12-15/h3-4,7,10-12H,2,5-6,8-9H2,1H3,(H,20,23). The van der Waals surface area contributed by atoms with E-state index in [-0.39, 0.29) is 6.03 Å². The van der Waals surface area contributed by atoms with Gasteiger partial charge < -0.3 is 10.2 Å². The number of amides is 2. The number of anilines is 3. The SMILES string of the molecule is CCN1CCc2cc3c(cc21)CCN3C(=O)Nc1cccnc1. The lowest BCUT2D eigenvalue weighted by Crippen LogP contribution is -2.33. The molecule has 23 heavy (non-hydrogen) atoms. The van der Waals surface area contributed by atoms with Crippen molar-refractivity contribution < 1.29 is 4.79 Å². The van der Waals surface area contributed by atoms with Gasteiger partial charge in [0, 0.05) is 37.2 Å². The van der Waals surface area contributed by atoms with Crippen LogP contribution in [0.3, 0.4) is 0 Å². The maximum Gasteiger partial charge on any atom is 0.326 e. The van der Waals surface area contributed by atoms with Crippen LogP contribution in [0.1, 0.15) is 18.1 Å². The summed E-state index contributed by atoms with van der Waals surface area (Å²) in [5.41, 5.74) is 5.75. The van der Waals surface area contributed by atoms with Gasteiger partial charge in [0.25, 0.3) is 0 Å². The number of rotatable bonds is 2. The molecular weight excluding hydrogens is 288 g/mol. The Morgan fingerprint density at radius 2 is 2.00 bits per heavy atom. The molecule has 2 aromatic rings. The molecule has 0 fully saturated rings. The molecule has 0 bridgehead atoms. The number of fused-ring (bicyclic) bond motifs is 2. The van der Waals surface area contributed by atoms with Gasteiger partial charge >= 0.3 is 6.03 Å². The highest BCUT2D eigenvalue weighted by Crippen LogP contribution is 2.38. The van der Waals surface area contributed by atoms with Crippen LogP contribution in [0.2, 0.25) is 0 Å². The van der Waals surface area contributed by atoms with Crippen molar-refractivity contribution in [2.75, 3.05) is 34.8 Å². The molecule has 4 rings (SSSR count). The summed E-state index contributed by atoms with van der Waals surface area (Å²) in [6.45, 7) is 5.04. The quantitative estimate of drug-likeness (QED) is 0.927. The van der Waals surface area contributed by atoms with E-state index in [2.05, 4.69) is 34.3 Å². The van der Waals surface area contributed by atoms with E-state index < -0.39 is 0 Å². The first kappa shape index (κ1) is 14.1. The molecule has 5 heteroatoms. The molecule has 0 spiro atoms. The highest BCUT2D eigenvalue weighted by atomic mass is 16.2. The molecule has 1 N–H and O–H groups in total. The number of likely N-dealkylation sites (N-methyl/N-ethyl adjacent to an activating group) is 1. The smallest absolute Gasteiger partial charge is 0.326 e. The molecule has 0 saturated carbocycles. The number of hydrogen-bond acceptors (Lipinski definition) is 3. The Kier molecular flexibility index (Phi) is 3.41. The van der Waals surface area contributed by atoms with E-state index in [4.69, 9.17) is 0 Å². The number of carbonyl (C=O) groups is 1. The van der Waals surface area contributed by atoms with E-state index in [1.807, 2.05) is 17.0 Å². The van der Waals surface area contributed by atoms with Crippen LogP contribution in [-0.4, -0.2) is 30.6 Å². The minimum Gasteiger partial charge on any atom is -0.371 e. The van der Waals surface area contributed by atoms with Crippen molar-refractivity contribution in [1.29, 1.82) is 0 Å². The number of hydrogen-bond donors (Lipinski definition) is 1. The van der Waals surface area contributed by atoms with Gasteiger partial charge in [-0.25, -0.2) is 4.79 Å². The van der Waals surface area contributed by atoms with Crippen molar-refractivity contribution in [3.05, 3.63) is 47.8 Å². The third-order valence-corrected chi connectivity index (χ3v) is 4.71.